The van der Waals surface area contributed by atoms with E-state index < -0.39 is 12.0 Å². The maximum Gasteiger partial charge on any atom is 0.326 e. The van der Waals surface area contributed by atoms with Crippen LogP contribution in [0, 0.1) is 0 Å². The lowest BCUT2D eigenvalue weighted by Gasteiger charge is -2.31. The molecule has 0 aromatic carbocycles. The Morgan fingerprint density at radius 1 is 0.889 bits per heavy atom. The van der Waals surface area contributed by atoms with Crippen molar-refractivity contribution in [3.63, 3.8) is 0 Å². The number of hydrogen-bond acceptors (Lipinski definition) is 2. The van der Waals surface area contributed by atoms with Crippen LogP contribution in [0.4, 0.5) is 4.79 Å². The number of carbonyl (C=O) groups excluding carboxylic acids is 1. The van der Waals surface area contributed by atoms with Crippen molar-refractivity contribution in [2.75, 3.05) is 19.6 Å². The Labute approximate surface area is 108 Å². The van der Waals surface area contributed by atoms with E-state index in [1.807, 2.05) is 4.90 Å². The monoisotopic (exact) mass is 254 g/mol. The fourth-order valence-electron chi connectivity index (χ4n) is 2.87. The van der Waals surface area contributed by atoms with E-state index in [2.05, 4.69) is 0 Å². The van der Waals surface area contributed by atoms with Crippen molar-refractivity contribution in [3.05, 3.63) is 0 Å². The predicted molar refractivity (Wildman–Crippen MR) is 67.4 cm³/mol. The van der Waals surface area contributed by atoms with Gasteiger partial charge in [0, 0.05) is 19.6 Å². The van der Waals surface area contributed by atoms with Crippen molar-refractivity contribution in [1.82, 2.24) is 9.80 Å². The highest BCUT2D eigenvalue weighted by atomic mass is 16.4. The van der Waals surface area contributed by atoms with E-state index in [1.54, 1.807) is 4.90 Å². The summed E-state index contributed by atoms with van der Waals surface area (Å²) in [5.41, 5.74) is 0. The fraction of sp³-hybridized carbons (Fsp3) is 0.846. The van der Waals surface area contributed by atoms with E-state index in [0.29, 0.717) is 13.0 Å². The Morgan fingerprint density at radius 2 is 1.50 bits per heavy atom. The average Bonchev–Trinajstić information content (AvgIpc) is 2.76. The lowest BCUT2D eigenvalue weighted by atomic mass is 10.1. The fourth-order valence-corrected chi connectivity index (χ4v) is 2.87. The van der Waals surface area contributed by atoms with Gasteiger partial charge >= 0.3 is 12.0 Å². The molecule has 0 spiro atoms. The Bertz CT molecular complexity index is 311. The normalized spacial score (nSPS) is 25.7. The van der Waals surface area contributed by atoms with Crippen LogP contribution in [0.2, 0.25) is 0 Å². The molecule has 102 valence electrons. The lowest BCUT2D eigenvalue weighted by molar-refractivity contribution is -0.141. The third-order valence-electron chi connectivity index (χ3n) is 3.91. The maximum absolute atomic E-state index is 12.4. The molecule has 1 atom stereocenters. The van der Waals surface area contributed by atoms with E-state index in [0.717, 1.165) is 32.4 Å². The third kappa shape index (κ3) is 2.94. The Kier molecular flexibility index (Phi) is 4.44. The van der Waals surface area contributed by atoms with E-state index in [-0.39, 0.29) is 6.03 Å². The topological polar surface area (TPSA) is 60.9 Å². The first-order valence-electron chi connectivity index (χ1n) is 6.98. The van der Waals surface area contributed by atoms with Gasteiger partial charge in [-0.25, -0.2) is 9.59 Å². The molecular formula is C13H22N2O3. The van der Waals surface area contributed by atoms with Gasteiger partial charge in [-0.1, -0.05) is 19.3 Å². The molecule has 0 saturated carbocycles. The van der Waals surface area contributed by atoms with Gasteiger partial charge in [0.1, 0.15) is 6.04 Å². The molecule has 18 heavy (non-hydrogen) atoms. The first-order chi connectivity index (χ1) is 8.70. The minimum atomic E-state index is -0.868. The summed E-state index contributed by atoms with van der Waals surface area (Å²) in [4.78, 5) is 26.9. The molecular weight excluding hydrogens is 232 g/mol. The van der Waals surface area contributed by atoms with Crippen LogP contribution < -0.4 is 0 Å². The molecule has 0 aliphatic carbocycles. The standard InChI is InChI=1S/C13H22N2O3/c16-12(17)11-7-6-10-15(11)13(18)14-8-4-2-1-3-5-9-14/h11H,1-10H2,(H,16,17)/t11-/m1/s1. The zero-order valence-corrected chi connectivity index (χ0v) is 10.8. The number of nitrogens with zero attached hydrogens (tertiary/aromatic N) is 2. The third-order valence-corrected chi connectivity index (χ3v) is 3.91. The van der Waals surface area contributed by atoms with Gasteiger partial charge in [-0.3, -0.25) is 0 Å². The van der Waals surface area contributed by atoms with Gasteiger partial charge in [0.25, 0.3) is 0 Å². The summed E-state index contributed by atoms with van der Waals surface area (Å²) in [7, 11) is 0. The van der Waals surface area contributed by atoms with Crippen LogP contribution in [0.15, 0.2) is 0 Å². The van der Waals surface area contributed by atoms with Gasteiger partial charge in [0.2, 0.25) is 0 Å². The minimum Gasteiger partial charge on any atom is -0.480 e. The molecule has 0 aromatic heterocycles. The molecule has 0 bridgehead atoms. The number of aliphatic carboxylic acids is 1. The number of carboxylic acid groups (broad SMARTS) is 1. The summed E-state index contributed by atoms with van der Waals surface area (Å²) >= 11 is 0. The van der Waals surface area contributed by atoms with Gasteiger partial charge in [-0.15, -0.1) is 0 Å². The lowest BCUT2D eigenvalue weighted by Crippen LogP contribution is -2.48. The van der Waals surface area contributed by atoms with Crippen molar-refractivity contribution >= 4 is 12.0 Å². The second kappa shape index (κ2) is 6.07. The molecule has 2 fully saturated rings. The van der Waals surface area contributed by atoms with Crippen LogP contribution in [-0.2, 0) is 4.79 Å². The highest BCUT2D eigenvalue weighted by Gasteiger charge is 2.36. The van der Waals surface area contributed by atoms with Gasteiger partial charge in [0.05, 0.1) is 0 Å². The SMILES string of the molecule is O=C(O)[C@H]1CCCN1C(=O)N1CCCCCCC1. The molecule has 1 N–H and O–H groups in total. The van der Waals surface area contributed by atoms with Gasteiger partial charge in [-0.05, 0) is 25.7 Å². The van der Waals surface area contributed by atoms with Gasteiger partial charge in [-0.2, -0.15) is 0 Å². The van der Waals surface area contributed by atoms with Crippen molar-refractivity contribution in [2.24, 2.45) is 0 Å². The van der Waals surface area contributed by atoms with Crippen LogP contribution in [0.1, 0.15) is 44.9 Å². The van der Waals surface area contributed by atoms with Crippen LogP contribution in [0.25, 0.3) is 0 Å². The highest BCUT2D eigenvalue weighted by Crippen LogP contribution is 2.20. The smallest absolute Gasteiger partial charge is 0.326 e. The quantitative estimate of drug-likeness (QED) is 0.777. The molecule has 2 aliphatic rings. The number of carboxylic acids is 1. The molecule has 5 heteroatoms. The summed E-state index contributed by atoms with van der Waals surface area (Å²) in [6.07, 6.45) is 7.07. The molecule has 2 aliphatic heterocycles. The molecule has 2 saturated heterocycles. The van der Waals surface area contributed by atoms with E-state index >= 15 is 0 Å². The summed E-state index contributed by atoms with van der Waals surface area (Å²) in [6, 6.07) is -0.676. The second-order valence-corrected chi connectivity index (χ2v) is 5.23. The molecule has 2 heterocycles. The number of urea groups is 1. The van der Waals surface area contributed by atoms with Crippen molar-refractivity contribution in [1.29, 1.82) is 0 Å². The summed E-state index contributed by atoms with van der Waals surface area (Å²) in [6.45, 7) is 2.15. The van der Waals surface area contributed by atoms with Crippen molar-refractivity contribution < 1.29 is 14.7 Å². The Balaban J connectivity index is 1.98. The molecule has 0 radical (unpaired) electrons. The van der Waals surface area contributed by atoms with Crippen LogP contribution in [0.3, 0.4) is 0 Å². The number of rotatable bonds is 1. The van der Waals surface area contributed by atoms with E-state index in [4.69, 9.17) is 5.11 Å². The molecule has 0 aromatic rings. The summed E-state index contributed by atoms with van der Waals surface area (Å²) < 4.78 is 0. The van der Waals surface area contributed by atoms with Crippen LogP contribution in [-0.4, -0.2) is 52.6 Å². The minimum absolute atomic E-state index is 0.0678. The zero-order chi connectivity index (χ0) is 13.0. The van der Waals surface area contributed by atoms with E-state index in [1.165, 1.54) is 19.3 Å². The first kappa shape index (κ1) is 13.2. The number of carbonyl (C=O) groups is 2. The second-order valence-electron chi connectivity index (χ2n) is 5.23. The highest BCUT2D eigenvalue weighted by molar-refractivity contribution is 5.83. The predicted octanol–water partition coefficient (Wildman–Crippen LogP) is 1.92. The Hall–Kier alpha value is -1.26. The van der Waals surface area contributed by atoms with Crippen molar-refractivity contribution in [3.8, 4) is 0 Å². The van der Waals surface area contributed by atoms with Crippen molar-refractivity contribution in [2.45, 2.75) is 51.0 Å². The number of likely N-dealkylation sites (tertiary alicyclic amines) is 2. The first-order valence-corrected chi connectivity index (χ1v) is 6.98. The van der Waals surface area contributed by atoms with Gasteiger partial charge in [0.15, 0.2) is 0 Å². The summed E-state index contributed by atoms with van der Waals surface area (Å²) in [5, 5.41) is 9.12. The van der Waals surface area contributed by atoms with E-state index in [9.17, 15) is 9.59 Å². The zero-order valence-electron chi connectivity index (χ0n) is 10.8. The number of hydrogen-bond donors (Lipinski definition) is 1. The molecule has 0 unspecified atom stereocenters. The molecule has 2 rings (SSSR count). The van der Waals surface area contributed by atoms with Gasteiger partial charge < -0.3 is 14.9 Å². The number of amides is 2. The molecule has 2 amide bonds. The Morgan fingerprint density at radius 3 is 2.11 bits per heavy atom. The largest absolute Gasteiger partial charge is 0.480 e. The van der Waals surface area contributed by atoms with Crippen LogP contribution in [0.5, 0.6) is 0 Å². The summed E-state index contributed by atoms with van der Waals surface area (Å²) in [5.74, 6) is -0.868. The average molecular weight is 254 g/mol. The van der Waals surface area contributed by atoms with Crippen LogP contribution >= 0.6 is 0 Å². The maximum atomic E-state index is 12.4. The molecule has 5 nitrogen and oxygen atoms in total.